The first-order valence-corrected chi connectivity index (χ1v) is 6.85. The molecule has 1 atom stereocenters. The molecule has 0 spiro atoms. The summed E-state index contributed by atoms with van der Waals surface area (Å²) < 4.78 is 5.10. The number of nitrogens with one attached hydrogen (secondary N) is 1. The van der Waals surface area contributed by atoms with Gasteiger partial charge >= 0.3 is 6.03 Å². The number of piperidine rings is 1. The molecule has 0 aromatic heterocycles. The number of methoxy groups -OCH3 is 1. The quantitative estimate of drug-likeness (QED) is 0.770. The highest BCUT2D eigenvalue weighted by Crippen LogP contribution is 2.48. The van der Waals surface area contributed by atoms with Crippen LogP contribution in [0.1, 0.15) is 32.1 Å². The molecular weight excluding hydrogens is 232 g/mol. The largest absolute Gasteiger partial charge is 0.391 e. The fraction of sp³-hybridized carbons (Fsp3) is 0.923. The van der Waals surface area contributed by atoms with Crippen molar-refractivity contribution in [2.24, 2.45) is 5.41 Å². The van der Waals surface area contributed by atoms with Crippen LogP contribution in [-0.2, 0) is 4.74 Å². The number of ether oxygens (including phenoxy) is 1. The molecule has 5 nitrogen and oxygen atoms in total. The van der Waals surface area contributed by atoms with Gasteiger partial charge in [-0.3, -0.25) is 0 Å². The average molecular weight is 256 g/mol. The third-order valence-corrected chi connectivity index (χ3v) is 4.09. The highest BCUT2D eigenvalue weighted by atomic mass is 16.5. The molecule has 5 heteroatoms. The molecule has 104 valence electrons. The summed E-state index contributed by atoms with van der Waals surface area (Å²) in [7, 11) is 1.71. The van der Waals surface area contributed by atoms with Gasteiger partial charge in [0, 0.05) is 33.4 Å². The number of urea groups is 1. The maximum Gasteiger partial charge on any atom is 0.317 e. The van der Waals surface area contributed by atoms with E-state index in [-0.39, 0.29) is 17.6 Å². The minimum absolute atomic E-state index is 0.0301. The first-order valence-electron chi connectivity index (χ1n) is 6.85. The van der Waals surface area contributed by atoms with E-state index in [9.17, 15) is 9.90 Å². The van der Waals surface area contributed by atoms with Gasteiger partial charge in [-0.05, 0) is 37.5 Å². The molecule has 1 aliphatic heterocycles. The Morgan fingerprint density at radius 2 is 2.33 bits per heavy atom. The van der Waals surface area contributed by atoms with Gasteiger partial charge in [0.1, 0.15) is 0 Å². The van der Waals surface area contributed by atoms with Crippen LogP contribution in [0.5, 0.6) is 0 Å². The van der Waals surface area contributed by atoms with Crippen LogP contribution in [0.25, 0.3) is 0 Å². The number of carbonyl (C=O) groups is 1. The van der Waals surface area contributed by atoms with Crippen molar-refractivity contribution in [3.63, 3.8) is 0 Å². The highest BCUT2D eigenvalue weighted by molar-refractivity contribution is 5.74. The average Bonchev–Trinajstić information content (AvgIpc) is 3.14. The zero-order valence-corrected chi connectivity index (χ0v) is 11.2. The molecule has 2 fully saturated rings. The molecule has 0 radical (unpaired) electrons. The summed E-state index contributed by atoms with van der Waals surface area (Å²) in [5, 5.41) is 12.6. The van der Waals surface area contributed by atoms with E-state index in [2.05, 4.69) is 5.32 Å². The number of rotatable bonds is 5. The number of β-amino-alcohol motifs (C(OH)–C–C–N with tert-alkyl or cyclic N) is 1. The molecule has 2 N–H and O–H groups in total. The third kappa shape index (κ3) is 3.59. The van der Waals surface area contributed by atoms with Gasteiger partial charge in [-0.1, -0.05) is 0 Å². The number of likely N-dealkylation sites (tertiary alicyclic amines) is 1. The van der Waals surface area contributed by atoms with Gasteiger partial charge < -0.3 is 20.1 Å². The van der Waals surface area contributed by atoms with Crippen LogP contribution in [0.15, 0.2) is 0 Å². The molecule has 1 aliphatic carbocycles. The molecule has 1 saturated heterocycles. The number of aliphatic hydroxyl groups is 1. The lowest BCUT2D eigenvalue weighted by atomic mass is 10.0. The summed E-state index contributed by atoms with van der Waals surface area (Å²) in [5.41, 5.74) is 0.278. The lowest BCUT2D eigenvalue weighted by Crippen LogP contribution is -2.48. The Morgan fingerprint density at radius 3 is 2.94 bits per heavy atom. The maximum absolute atomic E-state index is 12.0. The predicted octanol–water partition coefficient (Wildman–Crippen LogP) is 0.969. The standard InChI is InChI=1S/C13H24N2O3/c1-18-8-6-13(4-5-13)10-14-12(17)15-7-2-3-11(16)9-15/h11,16H,2-10H2,1H3,(H,14,17). The monoisotopic (exact) mass is 256 g/mol. The van der Waals surface area contributed by atoms with Crippen LogP contribution in [0.2, 0.25) is 0 Å². The first kappa shape index (κ1) is 13.6. The predicted molar refractivity (Wildman–Crippen MR) is 68.4 cm³/mol. The lowest BCUT2D eigenvalue weighted by molar-refractivity contribution is 0.0835. The molecule has 2 aliphatic rings. The van der Waals surface area contributed by atoms with Gasteiger partial charge in [-0.25, -0.2) is 4.79 Å². The van der Waals surface area contributed by atoms with E-state index >= 15 is 0 Å². The Labute approximate surface area is 108 Å². The van der Waals surface area contributed by atoms with E-state index in [4.69, 9.17) is 4.74 Å². The van der Waals surface area contributed by atoms with Crippen molar-refractivity contribution in [2.45, 2.75) is 38.2 Å². The molecule has 0 aromatic rings. The Bertz CT molecular complexity index is 292. The fourth-order valence-corrected chi connectivity index (χ4v) is 2.52. The minimum Gasteiger partial charge on any atom is -0.391 e. The molecule has 2 rings (SSSR count). The van der Waals surface area contributed by atoms with Crippen molar-refractivity contribution in [2.75, 3.05) is 33.4 Å². The summed E-state index contributed by atoms with van der Waals surface area (Å²) in [5.74, 6) is 0. The first-order chi connectivity index (χ1) is 8.65. The Morgan fingerprint density at radius 1 is 1.56 bits per heavy atom. The van der Waals surface area contributed by atoms with Crippen molar-refractivity contribution >= 4 is 6.03 Å². The molecular formula is C13H24N2O3. The van der Waals surface area contributed by atoms with E-state index in [0.717, 1.165) is 39.0 Å². The van der Waals surface area contributed by atoms with Crippen molar-refractivity contribution in [3.05, 3.63) is 0 Å². The molecule has 0 aromatic carbocycles. The van der Waals surface area contributed by atoms with Crippen LogP contribution in [0.4, 0.5) is 4.79 Å². The van der Waals surface area contributed by atoms with Gasteiger partial charge in [-0.2, -0.15) is 0 Å². The van der Waals surface area contributed by atoms with Gasteiger partial charge in [0.05, 0.1) is 6.10 Å². The van der Waals surface area contributed by atoms with Gasteiger partial charge in [0.25, 0.3) is 0 Å². The van der Waals surface area contributed by atoms with E-state index in [1.807, 2.05) is 0 Å². The molecule has 1 unspecified atom stereocenters. The SMILES string of the molecule is COCCC1(CNC(=O)N2CCCC(O)C2)CC1. The number of carbonyl (C=O) groups excluding carboxylic acids is 1. The number of hydrogen-bond donors (Lipinski definition) is 2. The Balaban J connectivity index is 1.71. The van der Waals surface area contributed by atoms with Gasteiger partial charge in [0.15, 0.2) is 0 Å². The lowest BCUT2D eigenvalue weighted by Gasteiger charge is -2.30. The van der Waals surface area contributed by atoms with E-state index < -0.39 is 0 Å². The van der Waals surface area contributed by atoms with Crippen LogP contribution in [0, 0.1) is 5.41 Å². The Kier molecular flexibility index (Phi) is 4.45. The topological polar surface area (TPSA) is 61.8 Å². The van der Waals surface area contributed by atoms with Crippen LogP contribution in [0.3, 0.4) is 0 Å². The van der Waals surface area contributed by atoms with Crippen molar-refractivity contribution in [1.29, 1.82) is 0 Å². The van der Waals surface area contributed by atoms with E-state index in [0.29, 0.717) is 6.54 Å². The third-order valence-electron chi connectivity index (χ3n) is 4.09. The molecule has 1 saturated carbocycles. The number of aliphatic hydroxyl groups excluding tert-OH is 1. The highest BCUT2D eigenvalue weighted by Gasteiger charge is 2.42. The maximum atomic E-state index is 12.0. The van der Waals surface area contributed by atoms with E-state index in [1.165, 1.54) is 12.8 Å². The molecule has 18 heavy (non-hydrogen) atoms. The zero-order valence-electron chi connectivity index (χ0n) is 11.2. The van der Waals surface area contributed by atoms with Crippen molar-refractivity contribution < 1.29 is 14.6 Å². The van der Waals surface area contributed by atoms with Gasteiger partial charge in [-0.15, -0.1) is 0 Å². The van der Waals surface area contributed by atoms with Crippen LogP contribution in [-0.4, -0.2) is 55.5 Å². The number of amides is 2. The fourth-order valence-electron chi connectivity index (χ4n) is 2.52. The van der Waals surface area contributed by atoms with E-state index in [1.54, 1.807) is 12.0 Å². The van der Waals surface area contributed by atoms with Crippen molar-refractivity contribution in [3.8, 4) is 0 Å². The summed E-state index contributed by atoms with van der Waals surface area (Å²) in [4.78, 5) is 13.7. The second-order valence-electron chi connectivity index (χ2n) is 5.64. The summed E-state index contributed by atoms with van der Waals surface area (Å²) >= 11 is 0. The number of nitrogens with zero attached hydrogens (tertiary/aromatic N) is 1. The molecule has 1 heterocycles. The smallest absolute Gasteiger partial charge is 0.317 e. The molecule has 0 bridgehead atoms. The van der Waals surface area contributed by atoms with Gasteiger partial charge in [0.2, 0.25) is 0 Å². The number of hydrogen-bond acceptors (Lipinski definition) is 3. The second kappa shape index (κ2) is 5.89. The summed E-state index contributed by atoms with van der Waals surface area (Å²) in [6.07, 6.45) is 4.73. The van der Waals surface area contributed by atoms with Crippen LogP contribution >= 0.6 is 0 Å². The zero-order chi connectivity index (χ0) is 13.0. The minimum atomic E-state index is -0.354. The summed E-state index contributed by atoms with van der Waals surface area (Å²) in [6.45, 7) is 2.73. The summed E-state index contributed by atoms with van der Waals surface area (Å²) in [6, 6.07) is -0.0301. The normalized spacial score (nSPS) is 25.9. The Hall–Kier alpha value is -0.810. The second-order valence-corrected chi connectivity index (χ2v) is 5.64. The molecule has 2 amide bonds. The van der Waals surface area contributed by atoms with Crippen molar-refractivity contribution in [1.82, 2.24) is 10.2 Å². The van der Waals surface area contributed by atoms with Crippen LogP contribution < -0.4 is 5.32 Å².